The highest BCUT2D eigenvalue weighted by atomic mass is 32.1. The van der Waals surface area contributed by atoms with E-state index in [1.54, 1.807) is 4.90 Å². The van der Waals surface area contributed by atoms with Gasteiger partial charge in [0, 0.05) is 23.9 Å². The number of nitrogens with one attached hydrogen (secondary N) is 1. The first-order valence-electron chi connectivity index (χ1n) is 10.1. The number of thiophene rings is 1. The summed E-state index contributed by atoms with van der Waals surface area (Å²) in [4.78, 5) is 32.8. The third-order valence-corrected chi connectivity index (χ3v) is 7.13. The number of fused-ring (bicyclic) bond motifs is 1. The Morgan fingerprint density at radius 2 is 2.13 bits per heavy atom. The van der Waals surface area contributed by atoms with Crippen LogP contribution in [0.25, 0.3) is 11.3 Å². The molecular weight excluding hydrogens is 418 g/mol. The molecule has 0 spiro atoms. The zero-order valence-electron chi connectivity index (χ0n) is 16.3. The van der Waals surface area contributed by atoms with E-state index in [9.17, 15) is 9.59 Å². The topological polar surface area (TPSA) is 71.5 Å². The molecular formula is C22H21N3O3S2. The summed E-state index contributed by atoms with van der Waals surface area (Å²) >= 11 is 2.81. The molecule has 2 aromatic heterocycles. The van der Waals surface area contributed by atoms with Crippen LogP contribution in [-0.2, 0) is 11.2 Å². The molecule has 3 aromatic rings. The van der Waals surface area contributed by atoms with Gasteiger partial charge in [-0.3, -0.25) is 9.59 Å². The molecule has 0 aliphatic carbocycles. The van der Waals surface area contributed by atoms with E-state index in [2.05, 4.69) is 16.4 Å². The smallest absolute Gasteiger partial charge is 0.264 e. The molecule has 4 heterocycles. The molecule has 2 aliphatic rings. The maximum atomic E-state index is 13.0. The average molecular weight is 440 g/mol. The Bertz CT molecular complexity index is 1080. The molecule has 6 nitrogen and oxygen atoms in total. The first kappa shape index (κ1) is 19.3. The fourth-order valence-electron chi connectivity index (χ4n) is 3.99. The van der Waals surface area contributed by atoms with Crippen molar-refractivity contribution in [2.45, 2.75) is 31.7 Å². The van der Waals surface area contributed by atoms with Gasteiger partial charge in [-0.2, -0.15) is 0 Å². The lowest BCUT2D eigenvalue weighted by molar-refractivity contribution is -0.121. The van der Waals surface area contributed by atoms with Crippen molar-refractivity contribution >= 4 is 39.6 Å². The molecule has 5 rings (SSSR count). The van der Waals surface area contributed by atoms with Gasteiger partial charge in [-0.15, -0.1) is 22.7 Å². The van der Waals surface area contributed by atoms with Crippen molar-refractivity contribution < 1.29 is 14.3 Å². The molecule has 0 saturated carbocycles. The number of benzene rings is 1. The molecule has 1 fully saturated rings. The number of amides is 2. The second kappa shape index (κ2) is 8.20. The zero-order valence-corrected chi connectivity index (χ0v) is 17.9. The van der Waals surface area contributed by atoms with Gasteiger partial charge in [0.05, 0.1) is 17.2 Å². The van der Waals surface area contributed by atoms with Crippen LogP contribution in [0.15, 0.2) is 41.1 Å². The Balaban J connectivity index is 1.30. The van der Waals surface area contributed by atoms with E-state index in [1.165, 1.54) is 28.2 Å². The average Bonchev–Trinajstić information content (AvgIpc) is 3.54. The third kappa shape index (κ3) is 3.73. The van der Waals surface area contributed by atoms with Crippen LogP contribution < -0.4 is 10.1 Å². The lowest BCUT2D eigenvalue weighted by Gasteiger charge is -2.34. The van der Waals surface area contributed by atoms with Crippen molar-refractivity contribution in [2.24, 2.45) is 0 Å². The van der Waals surface area contributed by atoms with Crippen molar-refractivity contribution in [3.05, 3.63) is 51.5 Å². The molecule has 1 N–H and O–H groups in total. The van der Waals surface area contributed by atoms with Crippen LogP contribution in [0.5, 0.6) is 5.75 Å². The third-order valence-electron chi connectivity index (χ3n) is 5.52. The van der Waals surface area contributed by atoms with E-state index in [0.717, 1.165) is 42.9 Å². The monoisotopic (exact) mass is 439 g/mol. The van der Waals surface area contributed by atoms with Crippen LogP contribution in [0.4, 0.5) is 5.13 Å². The molecule has 154 valence electrons. The number of carbonyl (C=O) groups excluding carboxylic acids is 2. The summed E-state index contributed by atoms with van der Waals surface area (Å²) in [6.45, 7) is 1.33. The highest BCUT2D eigenvalue weighted by Crippen LogP contribution is 2.32. The lowest BCUT2D eigenvalue weighted by atomic mass is 10.0. The maximum absolute atomic E-state index is 13.0. The summed E-state index contributed by atoms with van der Waals surface area (Å²) in [6, 6.07) is 9.28. The molecule has 1 unspecified atom stereocenters. The molecule has 0 radical (unpaired) electrons. The van der Waals surface area contributed by atoms with Gasteiger partial charge in [0.15, 0.2) is 5.13 Å². The number of nitrogens with zero attached hydrogens (tertiary/aromatic N) is 2. The van der Waals surface area contributed by atoms with Gasteiger partial charge >= 0.3 is 0 Å². The normalized spacial score (nSPS) is 18.0. The second-order valence-electron chi connectivity index (χ2n) is 7.44. The molecule has 1 saturated heterocycles. The van der Waals surface area contributed by atoms with Crippen LogP contribution in [0, 0.1) is 0 Å². The number of piperidine rings is 1. The Labute approximate surface area is 182 Å². The van der Waals surface area contributed by atoms with Gasteiger partial charge in [-0.1, -0.05) is 6.07 Å². The number of hydrogen-bond acceptors (Lipinski definition) is 6. The summed E-state index contributed by atoms with van der Waals surface area (Å²) in [7, 11) is 0. The highest BCUT2D eigenvalue weighted by molar-refractivity contribution is 7.14. The fraction of sp³-hybridized carbons (Fsp3) is 0.318. The minimum absolute atomic E-state index is 0.0648. The van der Waals surface area contributed by atoms with Gasteiger partial charge in [-0.25, -0.2) is 4.98 Å². The van der Waals surface area contributed by atoms with Crippen molar-refractivity contribution in [3.8, 4) is 17.0 Å². The predicted octanol–water partition coefficient (Wildman–Crippen LogP) is 4.44. The van der Waals surface area contributed by atoms with Gasteiger partial charge < -0.3 is 15.0 Å². The largest absolute Gasteiger partial charge is 0.493 e. The van der Waals surface area contributed by atoms with Crippen molar-refractivity contribution in [1.29, 1.82) is 0 Å². The van der Waals surface area contributed by atoms with Crippen molar-refractivity contribution in [3.63, 3.8) is 0 Å². The van der Waals surface area contributed by atoms with Crippen LogP contribution in [0.3, 0.4) is 0 Å². The summed E-state index contributed by atoms with van der Waals surface area (Å²) in [5, 5.41) is 7.32. The Morgan fingerprint density at radius 3 is 3.00 bits per heavy atom. The number of thiazole rings is 1. The first-order chi connectivity index (χ1) is 14.7. The van der Waals surface area contributed by atoms with E-state index >= 15 is 0 Å². The fourth-order valence-corrected chi connectivity index (χ4v) is 5.39. The van der Waals surface area contributed by atoms with Crippen LogP contribution >= 0.6 is 22.7 Å². The zero-order chi connectivity index (χ0) is 20.5. The van der Waals surface area contributed by atoms with E-state index in [-0.39, 0.29) is 11.8 Å². The van der Waals surface area contributed by atoms with E-state index in [1.807, 2.05) is 35.0 Å². The Kier molecular flexibility index (Phi) is 5.26. The number of likely N-dealkylation sites (tertiary alicyclic amines) is 1. The number of carbonyl (C=O) groups is 2. The number of ether oxygens (including phenoxy) is 1. The first-order valence-corrected chi connectivity index (χ1v) is 11.8. The number of rotatable bonds is 4. The van der Waals surface area contributed by atoms with Gasteiger partial charge in [-0.05, 0) is 54.5 Å². The molecule has 1 atom stereocenters. The second-order valence-corrected chi connectivity index (χ2v) is 9.24. The highest BCUT2D eigenvalue weighted by Gasteiger charge is 2.33. The van der Waals surface area contributed by atoms with Crippen molar-refractivity contribution in [1.82, 2.24) is 9.88 Å². The lowest BCUT2D eigenvalue weighted by Crippen LogP contribution is -2.49. The quantitative estimate of drug-likeness (QED) is 0.652. The molecule has 2 amide bonds. The number of anilines is 1. The molecule has 30 heavy (non-hydrogen) atoms. The number of aromatic nitrogens is 1. The SMILES string of the molecule is O=C(Nc1nc(-c2ccc3c(c2)CCO3)cs1)C1CCCCN1C(=O)c1cccs1. The van der Waals surface area contributed by atoms with Crippen LogP contribution in [0.2, 0.25) is 0 Å². The van der Waals surface area contributed by atoms with Gasteiger partial charge in [0.25, 0.3) is 5.91 Å². The van der Waals surface area contributed by atoms with E-state index < -0.39 is 6.04 Å². The molecule has 0 bridgehead atoms. The predicted molar refractivity (Wildman–Crippen MR) is 118 cm³/mol. The van der Waals surface area contributed by atoms with Gasteiger partial charge in [0.1, 0.15) is 11.8 Å². The summed E-state index contributed by atoms with van der Waals surface area (Å²) in [5.41, 5.74) is 3.04. The van der Waals surface area contributed by atoms with Crippen molar-refractivity contribution in [2.75, 3.05) is 18.5 Å². The maximum Gasteiger partial charge on any atom is 0.264 e. The van der Waals surface area contributed by atoms with E-state index in [4.69, 9.17) is 4.74 Å². The van der Waals surface area contributed by atoms with Crippen LogP contribution in [-0.4, -0.2) is 40.9 Å². The minimum Gasteiger partial charge on any atom is -0.493 e. The van der Waals surface area contributed by atoms with Crippen LogP contribution in [0.1, 0.15) is 34.5 Å². The van der Waals surface area contributed by atoms with Gasteiger partial charge in [0.2, 0.25) is 5.91 Å². The Hall–Kier alpha value is -2.71. The van der Waals surface area contributed by atoms with E-state index in [0.29, 0.717) is 23.0 Å². The summed E-state index contributed by atoms with van der Waals surface area (Å²) in [6.07, 6.45) is 3.44. The minimum atomic E-state index is -0.460. The Morgan fingerprint density at radius 1 is 1.20 bits per heavy atom. The molecule has 8 heteroatoms. The summed E-state index contributed by atoms with van der Waals surface area (Å²) < 4.78 is 5.56. The molecule has 2 aliphatic heterocycles. The summed E-state index contributed by atoms with van der Waals surface area (Å²) in [5.74, 6) is 0.711. The number of hydrogen-bond donors (Lipinski definition) is 1. The standard InChI is InChI=1S/C22H21N3O3S2/c26-20(17-4-1-2-9-25(17)21(27)19-5-3-11-29-19)24-22-23-16(13-30-22)14-6-7-18-15(12-14)8-10-28-18/h3,5-7,11-13,17H,1-2,4,8-10H2,(H,23,24,26). The molecule has 1 aromatic carbocycles.